The van der Waals surface area contributed by atoms with Crippen LogP contribution < -0.4 is 5.32 Å². The minimum Gasteiger partial charge on any atom is -0.465 e. The molecule has 1 aromatic rings. The van der Waals surface area contributed by atoms with Crippen molar-refractivity contribution in [3.05, 3.63) is 23.9 Å². The molecule has 0 saturated heterocycles. The number of aromatic nitrogens is 1. The highest BCUT2D eigenvalue weighted by molar-refractivity contribution is 5.94. The molecule has 2 N–H and O–H groups in total. The highest BCUT2D eigenvalue weighted by atomic mass is 16.5. The molecule has 0 bridgehead atoms. The highest BCUT2D eigenvalue weighted by Crippen LogP contribution is 2.16. The number of carbonyl (C=O) groups is 1. The molecule has 1 rings (SSSR count). The molecule has 0 aliphatic heterocycles. The van der Waals surface area contributed by atoms with Gasteiger partial charge in [0.1, 0.15) is 11.4 Å². The van der Waals surface area contributed by atoms with Crippen LogP contribution in [0.1, 0.15) is 24.2 Å². The van der Waals surface area contributed by atoms with Gasteiger partial charge in [0.05, 0.1) is 19.8 Å². The predicted molar refractivity (Wildman–Crippen MR) is 64.9 cm³/mol. The normalized spacial score (nSPS) is 12.3. The number of aliphatic hydroxyl groups excluding tert-OH is 1. The maximum Gasteiger partial charge on any atom is 0.341 e. The van der Waals surface area contributed by atoms with Crippen molar-refractivity contribution in [3.8, 4) is 0 Å². The number of anilines is 1. The summed E-state index contributed by atoms with van der Waals surface area (Å²) in [6.45, 7) is 3.94. The molecule has 0 aliphatic rings. The lowest BCUT2D eigenvalue weighted by Crippen LogP contribution is -2.30. The first-order valence-corrected chi connectivity index (χ1v) is 5.50. The maximum atomic E-state index is 11.5. The lowest BCUT2D eigenvalue weighted by atomic mass is 10.1. The zero-order valence-corrected chi connectivity index (χ0v) is 10.3. The number of nitrogens with zero attached hydrogens (tertiary/aromatic N) is 1. The largest absolute Gasteiger partial charge is 0.465 e. The van der Waals surface area contributed by atoms with Crippen molar-refractivity contribution in [2.24, 2.45) is 5.92 Å². The molecule has 5 heteroatoms. The molecule has 0 radical (unpaired) electrons. The first kappa shape index (κ1) is 13.4. The van der Waals surface area contributed by atoms with Crippen LogP contribution in [0.2, 0.25) is 0 Å². The Kier molecular flexibility index (Phi) is 4.90. The Morgan fingerprint density at radius 3 is 2.82 bits per heavy atom. The van der Waals surface area contributed by atoms with Gasteiger partial charge in [-0.25, -0.2) is 9.78 Å². The monoisotopic (exact) mass is 238 g/mol. The lowest BCUT2D eigenvalue weighted by molar-refractivity contribution is 0.0601. The van der Waals surface area contributed by atoms with Gasteiger partial charge in [-0.15, -0.1) is 0 Å². The third-order valence-corrected chi connectivity index (χ3v) is 2.54. The quantitative estimate of drug-likeness (QED) is 0.756. The Bertz CT molecular complexity index is 380. The number of aliphatic hydroxyl groups is 1. The Labute approximate surface area is 101 Å². The van der Waals surface area contributed by atoms with Gasteiger partial charge in [-0.2, -0.15) is 0 Å². The summed E-state index contributed by atoms with van der Waals surface area (Å²) in [5, 5.41) is 12.3. The van der Waals surface area contributed by atoms with Crippen LogP contribution in [0.3, 0.4) is 0 Å². The van der Waals surface area contributed by atoms with Crippen molar-refractivity contribution in [1.29, 1.82) is 0 Å². The van der Waals surface area contributed by atoms with E-state index in [-0.39, 0.29) is 18.6 Å². The number of carbonyl (C=O) groups excluding carboxylic acids is 1. The van der Waals surface area contributed by atoms with E-state index in [0.717, 1.165) is 0 Å². The second-order valence-corrected chi connectivity index (χ2v) is 4.07. The number of hydrogen-bond acceptors (Lipinski definition) is 5. The first-order valence-electron chi connectivity index (χ1n) is 5.50. The summed E-state index contributed by atoms with van der Waals surface area (Å²) in [5.74, 6) is 0.223. The summed E-state index contributed by atoms with van der Waals surface area (Å²) < 4.78 is 4.67. The van der Waals surface area contributed by atoms with E-state index in [0.29, 0.717) is 11.4 Å². The fraction of sp³-hybridized carbons (Fsp3) is 0.500. The third-order valence-electron chi connectivity index (χ3n) is 2.54. The molecule has 0 spiro atoms. The number of ether oxygens (including phenoxy) is 1. The average Bonchev–Trinajstić information content (AvgIpc) is 2.35. The molecule has 1 unspecified atom stereocenters. The lowest BCUT2D eigenvalue weighted by Gasteiger charge is -2.21. The molecule has 94 valence electrons. The molecule has 0 saturated carbocycles. The van der Waals surface area contributed by atoms with E-state index in [9.17, 15) is 9.90 Å². The van der Waals surface area contributed by atoms with Crippen molar-refractivity contribution in [2.45, 2.75) is 19.9 Å². The standard InChI is InChI=1S/C12H18N2O3/c1-8(2)10(7-15)14-11-9(12(16)17-3)5-4-6-13-11/h4-6,8,10,15H,7H2,1-3H3,(H,13,14). The van der Waals surface area contributed by atoms with Crippen LogP contribution in [0, 0.1) is 5.92 Å². The molecular formula is C12H18N2O3. The van der Waals surface area contributed by atoms with E-state index in [2.05, 4.69) is 15.0 Å². The summed E-state index contributed by atoms with van der Waals surface area (Å²) in [4.78, 5) is 15.6. The van der Waals surface area contributed by atoms with E-state index >= 15 is 0 Å². The minimum atomic E-state index is -0.443. The van der Waals surface area contributed by atoms with E-state index in [4.69, 9.17) is 0 Å². The topological polar surface area (TPSA) is 71.5 Å². The fourth-order valence-electron chi connectivity index (χ4n) is 1.39. The highest BCUT2D eigenvalue weighted by Gasteiger charge is 2.17. The second kappa shape index (κ2) is 6.20. The van der Waals surface area contributed by atoms with Gasteiger partial charge in [0.15, 0.2) is 0 Å². The summed E-state index contributed by atoms with van der Waals surface area (Å²) in [7, 11) is 1.32. The van der Waals surface area contributed by atoms with E-state index in [1.165, 1.54) is 7.11 Å². The van der Waals surface area contributed by atoms with Crippen LogP contribution >= 0.6 is 0 Å². The molecule has 0 aromatic carbocycles. The smallest absolute Gasteiger partial charge is 0.341 e. The van der Waals surface area contributed by atoms with E-state index in [1.54, 1.807) is 18.3 Å². The van der Waals surface area contributed by atoms with Gasteiger partial charge in [-0.3, -0.25) is 0 Å². The van der Waals surface area contributed by atoms with Gasteiger partial charge in [-0.05, 0) is 18.1 Å². The molecule has 1 aromatic heterocycles. The van der Waals surface area contributed by atoms with Crippen LogP contribution in [0.4, 0.5) is 5.82 Å². The summed E-state index contributed by atoms with van der Waals surface area (Å²) in [5.41, 5.74) is 0.370. The number of esters is 1. The fourth-order valence-corrected chi connectivity index (χ4v) is 1.39. The van der Waals surface area contributed by atoms with E-state index < -0.39 is 5.97 Å². The zero-order valence-electron chi connectivity index (χ0n) is 10.3. The van der Waals surface area contributed by atoms with Crippen molar-refractivity contribution >= 4 is 11.8 Å². The molecule has 1 heterocycles. The first-order chi connectivity index (χ1) is 8.10. The van der Waals surface area contributed by atoms with Crippen LogP contribution in [-0.2, 0) is 4.74 Å². The maximum absolute atomic E-state index is 11.5. The second-order valence-electron chi connectivity index (χ2n) is 4.07. The van der Waals surface area contributed by atoms with Gasteiger partial charge in [0, 0.05) is 6.20 Å². The third kappa shape index (κ3) is 3.42. The number of nitrogens with one attached hydrogen (secondary N) is 1. The Morgan fingerprint density at radius 2 is 2.29 bits per heavy atom. The van der Waals surface area contributed by atoms with E-state index in [1.807, 2.05) is 13.8 Å². The molecule has 0 amide bonds. The van der Waals surface area contributed by atoms with Crippen LogP contribution in [0.15, 0.2) is 18.3 Å². The predicted octanol–water partition coefficient (Wildman–Crippen LogP) is 1.30. The summed E-state index contributed by atoms with van der Waals surface area (Å²) in [6, 6.07) is 3.16. The summed E-state index contributed by atoms with van der Waals surface area (Å²) in [6.07, 6.45) is 1.59. The van der Waals surface area contributed by atoms with Crippen LogP contribution in [-0.4, -0.2) is 35.8 Å². The zero-order chi connectivity index (χ0) is 12.8. The molecular weight excluding hydrogens is 220 g/mol. The molecule has 17 heavy (non-hydrogen) atoms. The SMILES string of the molecule is COC(=O)c1cccnc1NC(CO)C(C)C. The number of hydrogen-bond donors (Lipinski definition) is 2. The Morgan fingerprint density at radius 1 is 1.59 bits per heavy atom. The molecule has 0 aliphatic carbocycles. The molecule has 1 atom stereocenters. The van der Waals surface area contributed by atoms with Gasteiger partial charge in [0.2, 0.25) is 0 Å². The van der Waals surface area contributed by atoms with Gasteiger partial charge >= 0.3 is 5.97 Å². The van der Waals surface area contributed by atoms with Gasteiger partial charge in [-0.1, -0.05) is 13.8 Å². The average molecular weight is 238 g/mol. The van der Waals surface area contributed by atoms with Crippen molar-refractivity contribution < 1.29 is 14.6 Å². The van der Waals surface area contributed by atoms with Crippen LogP contribution in [0.5, 0.6) is 0 Å². The van der Waals surface area contributed by atoms with Gasteiger partial charge in [0.25, 0.3) is 0 Å². The Balaban J connectivity index is 2.93. The van der Waals surface area contributed by atoms with Crippen molar-refractivity contribution in [1.82, 2.24) is 4.98 Å². The molecule has 5 nitrogen and oxygen atoms in total. The number of methoxy groups -OCH3 is 1. The number of rotatable bonds is 5. The van der Waals surface area contributed by atoms with Gasteiger partial charge < -0.3 is 15.2 Å². The minimum absolute atomic E-state index is 0.0190. The summed E-state index contributed by atoms with van der Waals surface area (Å²) >= 11 is 0. The number of pyridine rings is 1. The van der Waals surface area contributed by atoms with Crippen molar-refractivity contribution in [3.63, 3.8) is 0 Å². The molecule has 0 fully saturated rings. The Hall–Kier alpha value is -1.62. The van der Waals surface area contributed by atoms with Crippen molar-refractivity contribution in [2.75, 3.05) is 19.0 Å². The van der Waals surface area contributed by atoms with Crippen LogP contribution in [0.25, 0.3) is 0 Å².